The lowest BCUT2D eigenvalue weighted by Crippen LogP contribution is -2.00. The minimum Gasteiger partial charge on any atom is -0.394 e. The van der Waals surface area contributed by atoms with Crippen LogP contribution in [0.4, 0.5) is 0 Å². The van der Waals surface area contributed by atoms with Gasteiger partial charge < -0.3 is 24.5 Å². The van der Waals surface area contributed by atoms with Gasteiger partial charge in [-0.25, -0.2) is 4.57 Å². The Bertz CT molecular complexity index is 246. The summed E-state index contributed by atoms with van der Waals surface area (Å²) in [5, 5.41) is 8.52. The largest absolute Gasteiger partial charge is 0.466 e. The summed E-state index contributed by atoms with van der Waals surface area (Å²) in [6, 6.07) is 0. The lowest BCUT2D eigenvalue weighted by molar-refractivity contribution is 0.0895. The first-order chi connectivity index (χ1) is 10.3. The zero-order valence-corrected chi connectivity index (χ0v) is 15.0. The van der Waals surface area contributed by atoms with Crippen molar-refractivity contribution in [2.75, 3.05) is 19.8 Å². The maximum absolute atomic E-state index is 8.88. The molecule has 0 atom stereocenters. The lowest BCUT2D eigenvalue weighted by Gasteiger charge is -2.05. The Morgan fingerprint density at radius 2 is 1.23 bits per heavy atom. The number of hydrogen-bond acceptors (Lipinski definition) is 3. The third-order valence-corrected chi connectivity index (χ3v) is 3.06. The number of hydrogen-bond donors (Lipinski definition) is 4. The number of phosphoric acid groups is 1. The van der Waals surface area contributed by atoms with Crippen molar-refractivity contribution in [2.24, 2.45) is 5.92 Å². The minimum atomic E-state index is -4.64. The maximum Gasteiger partial charge on any atom is 0.466 e. The van der Waals surface area contributed by atoms with Gasteiger partial charge in [-0.15, -0.1) is 0 Å². The molecule has 4 N–H and O–H groups in total. The molecule has 0 aromatic heterocycles. The molecule has 0 radical (unpaired) electrons. The molecule has 0 saturated carbocycles. The highest BCUT2D eigenvalue weighted by molar-refractivity contribution is 7.45. The SMILES string of the molecule is CC(C)CCCCCCCCCCOCCO.O=P(O)(O)O. The van der Waals surface area contributed by atoms with Gasteiger partial charge in [0, 0.05) is 6.61 Å². The van der Waals surface area contributed by atoms with Crippen molar-refractivity contribution in [1.29, 1.82) is 0 Å². The Morgan fingerprint density at radius 1 is 0.818 bits per heavy atom. The number of ether oxygens (including phenoxy) is 1. The molecule has 7 heteroatoms. The van der Waals surface area contributed by atoms with E-state index in [0.29, 0.717) is 6.61 Å². The summed E-state index contributed by atoms with van der Waals surface area (Å²) in [5.74, 6) is 0.869. The van der Waals surface area contributed by atoms with Gasteiger partial charge in [0.1, 0.15) is 0 Å². The molecule has 0 bridgehead atoms. The average molecular weight is 342 g/mol. The Morgan fingerprint density at radius 3 is 1.64 bits per heavy atom. The molecule has 0 rings (SSSR count). The fourth-order valence-electron chi connectivity index (χ4n) is 1.98. The molecule has 0 fully saturated rings. The monoisotopic (exact) mass is 342 g/mol. The Kier molecular flexibility index (Phi) is 19.2. The van der Waals surface area contributed by atoms with E-state index in [2.05, 4.69) is 13.8 Å². The van der Waals surface area contributed by atoms with Gasteiger partial charge in [-0.3, -0.25) is 0 Å². The molecule has 0 amide bonds. The molecular formula is C15H35O6P. The van der Waals surface area contributed by atoms with Crippen LogP contribution in [-0.4, -0.2) is 39.6 Å². The molecule has 0 aromatic carbocycles. The summed E-state index contributed by atoms with van der Waals surface area (Å²) in [6.07, 6.45) is 12.2. The number of rotatable bonds is 13. The average Bonchev–Trinajstić information content (AvgIpc) is 2.38. The first-order valence-corrected chi connectivity index (χ1v) is 9.80. The summed E-state index contributed by atoms with van der Waals surface area (Å²) < 4.78 is 14.1. The molecule has 0 spiro atoms. The highest BCUT2D eigenvalue weighted by Crippen LogP contribution is 2.25. The van der Waals surface area contributed by atoms with E-state index >= 15 is 0 Å². The molecule has 6 nitrogen and oxygen atoms in total. The third-order valence-electron chi connectivity index (χ3n) is 3.06. The second-order valence-electron chi connectivity index (χ2n) is 5.86. The molecule has 0 unspecified atom stereocenters. The second-order valence-corrected chi connectivity index (χ2v) is 6.89. The van der Waals surface area contributed by atoms with Crippen LogP contribution in [0.15, 0.2) is 0 Å². The quantitative estimate of drug-likeness (QED) is 0.302. The first kappa shape index (κ1) is 24.3. The molecule has 0 saturated heterocycles. The van der Waals surface area contributed by atoms with E-state index in [9.17, 15) is 0 Å². The third kappa shape index (κ3) is 36.9. The number of aliphatic hydroxyl groups excluding tert-OH is 1. The van der Waals surface area contributed by atoms with Crippen molar-refractivity contribution in [3.8, 4) is 0 Å². The molecule has 0 aliphatic rings. The summed E-state index contributed by atoms with van der Waals surface area (Å²) in [6.45, 7) is 6.07. The van der Waals surface area contributed by atoms with E-state index < -0.39 is 7.82 Å². The standard InChI is InChI=1S/C15H32O2.H3O4P/c1-15(2)11-9-7-5-3-4-6-8-10-13-17-14-12-16;1-5(2,3)4/h15-16H,3-14H2,1-2H3;(H3,1,2,3,4). The van der Waals surface area contributed by atoms with Gasteiger partial charge >= 0.3 is 7.82 Å². The molecular weight excluding hydrogens is 307 g/mol. The molecule has 0 heterocycles. The van der Waals surface area contributed by atoms with Crippen LogP contribution >= 0.6 is 7.82 Å². The van der Waals surface area contributed by atoms with Crippen LogP contribution in [0.1, 0.15) is 71.6 Å². The smallest absolute Gasteiger partial charge is 0.394 e. The molecule has 136 valence electrons. The molecule has 0 aromatic rings. The van der Waals surface area contributed by atoms with Crippen LogP contribution < -0.4 is 0 Å². The Labute approximate surface area is 135 Å². The highest BCUT2D eigenvalue weighted by atomic mass is 31.2. The van der Waals surface area contributed by atoms with Crippen molar-refractivity contribution in [1.82, 2.24) is 0 Å². The van der Waals surface area contributed by atoms with Gasteiger partial charge in [-0.05, 0) is 12.3 Å². The molecule has 0 aliphatic heterocycles. The van der Waals surface area contributed by atoms with Gasteiger partial charge in [0.15, 0.2) is 0 Å². The van der Waals surface area contributed by atoms with E-state index in [0.717, 1.165) is 18.9 Å². The lowest BCUT2D eigenvalue weighted by atomic mass is 10.0. The Balaban J connectivity index is 0. The van der Waals surface area contributed by atoms with Crippen LogP contribution in [0.25, 0.3) is 0 Å². The highest BCUT2D eigenvalue weighted by Gasteiger charge is 2.00. The van der Waals surface area contributed by atoms with Crippen molar-refractivity contribution in [3.63, 3.8) is 0 Å². The van der Waals surface area contributed by atoms with E-state index in [1.807, 2.05) is 0 Å². The fraction of sp³-hybridized carbons (Fsp3) is 1.00. The second kappa shape index (κ2) is 17.4. The van der Waals surface area contributed by atoms with Gasteiger partial charge in [0.05, 0.1) is 13.2 Å². The van der Waals surface area contributed by atoms with Crippen molar-refractivity contribution in [2.45, 2.75) is 71.6 Å². The summed E-state index contributed by atoms with van der Waals surface area (Å²) >= 11 is 0. The van der Waals surface area contributed by atoms with Crippen molar-refractivity contribution in [3.05, 3.63) is 0 Å². The van der Waals surface area contributed by atoms with E-state index in [1.165, 1.54) is 51.4 Å². The van der Waals surface area contributed by atoms with E-state index in [1.54, 1.807) is 0 Å². The predicted molar refractivity (Wildman–Crippen MR) is 88.6 cm³/mol. The minimum absolute atomic E-state index is 0.149. The molecule has 22 heavy (non-hydrogen) atoms. The topological polar surface area (TPSA) is 107 Å². The fourth-order valence-corrected chi connectivity index (χ4v) is 1.98. The number of aliphatic hydroxyl groups is 1. The van der Waals surface area contributed by atoms with Crippen LogP contribution in [0, 0.1) is 5.92 Å². The van der Waals surface area contributed by atoms with Crippen molar-refractivity contribution < 1.29 is 29.1 Å². The normalized spacial score (nSPS) is 11.4. The van der Waals surface area contributed by atoms with Crippen LogP contribution in [-0.2, 0) is 9.30 Å². The Hall–Kier alpha value is 0.0300. The maximum atomic E-state index is 8.88. The van der Waals surface area contributed by atoms with Gasteiger partial charge in [-0.2, -0.15) is 0 Å². The van der Waals surface area contributed by atoms with Crippen LogP contribution in [0.5, 0.6) is 0 Å². The van der Waals surface area contributed by atoms with Gasteiger partial charge in [0.2, 0.25) is 0 Å². The summed E-state index contributed by atoms with van der Waals surface area (Å²) in [4.78, 5) is 21.6. The summed E-state index contributed by atoms with van der Waals surface area (Å²) in [5.41, 5.74) is 0. The van der Waals surface area contributed by atoms with Crippen molar-refractivity contribution >= 4 is 7.82 Å². The van der Waals surface area contributed by atoms with E-state index in [-0.39, 0.29) is 6.61 Å². The van der Waals surface area contributed by atoms with Crippen LogP contribution in [0.3, 0.4) is 0 Å². The predicted octanol–water partition coefficient (Wildman–Crippen LogP) is 3.23. The molecule has 0 aliphatic carbocycles. The first-order valence-electron chi connectivity index (χ1n) is 8.24. The zero-order chi connectivity index (χ0) is 17.3. The van der Waals surface area contributed by atoms with Crippen LogP contribution in [0.2, 0.25) is 0 Å². The van der Waals surface area contributed by atoms with Gasteiger partial charge in [-0.1, -0.05) is 65.2 Å². The van der Waals surface area contributed by atoms with E-state index in [4.69, 9.17) is 29.1 Å². The number of unbranched alkanes of at least 4 members (excludes halogenated alkanes) is 7. The van der Waals surface area contributed by atoms with Gasteiger partial charge in [0.25, 0.3) is 0 Å². The zero-order valence-electron chi connectivity index (χ0n) is 14.1. The summed E-state index contributed by atoms with van der Waals surface area (Å²) in [7, 11) is -4.64.